The van der Waals surface area contributed by atoms with Crippen molar-refractivity contribution in [3.05, 3.63) is 64.3 Å². The second-order valence-corrected chi connectivity index (χ2v) is 8.04. The summed E-state index contributed by atoms with van der Waals surface area (Å²) >= 11 is 6.27. The number of nitrogens with zero attached hydrogens (tertiary/aromatic N) is 3. The Morgan fingerprint density at radius 2 is 2.00 bits per heavy atom. The molecule has 1 aliphatic carbocycles. The van der Waals surface area contributed by atoms with E-state index in [2.05, 4.69) is 22.2 Å². The first-order valence-electron chi connectivity index (χ1n) is 9.63. The van der Waals surface area contributed by atoms with Crippen molar-refractivity contribution in [3.8, 4) is 5.95 Å². The molecule has 7 heteroatoms. The quantitative estimate of drug-likeness (QED) is 0.490. The van der Waals surface area contributed by atoms with Crippen LogP contribution >= 0.6 is 11.6 Å². The number of aromatic nitrogens is 4. The summed E-state index contributed by atoms with van der Waals surface area (Å²) in [6.45, 7) is 4.03. The summed E-state index contributed by atoms with van der Waals surface area (Å²) in [4.78, 5) is 20.9. The first kappa shape index (κ1) is 17.9. The Bertz CT molecular complexity index is 1220. The number of carbonyl (C=O) groups is 1. The van der Waals surface area contributed by atoms with Crippen molar-refractivity contribution >= 4 is 39.9 Å². The number of H-pyrrole nitrogens is 1. The second-order valence-electron chi connectivity index (χ2n) is 7.63. The molecule has 2 aromatic heterocycles. The largest absolute Gasteiger partial charge is 0.338 e. The molecule has 2 heterocycles. The SMILES string of the molecule is Cc1c(Cl)cccc1Nc1nn(-c2nc3ccccc3[nH]2)c2c1C(=O)CC(C)C2. The molecule has 0 radical (unpaired) electrons. The van der Waals surface area contributed by atoms with Crippen molar-refractivity contribution in [1.29, 1.82) is 0 Å². The van der Waals surface area contributed by atoms with E-state index in [1.54, 1.807) is 4.68 Å². The summed E-state index contributed by atoms with van der Waals surface area (Å²) in [7, 11) is 0. The van der Waals surface area contributed by atoms with E-state index in [-0.39, 0.29) is 11.7 Å². The molecule has 0 saturated carbocycles. The van der Waals surface area contributed by atoms with Crippen molar-refractivity contribution in [2.45, 2.75) is 26.7 Å². The maximum atomic E-state index is 12.9. The average molecular weight is 406 g/mol. The molecule has 6 nitrogen and oxygen atoms in total. The maximum Gasteiger partial charge on any atom is 0.229 e. The van der Waals surface area contributed by atoms with Gasteiger partial charge in [-0.2, -0.15) is 0 Å². The highest BCUT2D eigenvalue weighted by molar-refractivity contribution is 6.31. The van der Waals surface area contributed by atoms with E-state index in [1.807, 2.05) is 49.4 Å². The Morgan fingerprint density at radius 3 is 2.83 bits per heavy atom. The predicted molar refractivity (Wildman–Crippen MR) is 115 cm³/mol. The molecular weight excluding hydrogens is 386 g/mol. The highest BCUT2D eigenvalue weighted by Gasteiger charge is 2.32. The van der Waals surface area contributed by atoms with Crippen LogP contribution in [0.1, 0.15) is 35.0 Å². The zero-order valence-electron chi connectivity index (χ0n) is 16.2. The second kappa shape index (κ2) is 6.74. The number of hydrogen-bond acceptors (Lipinski definition) is 4. The number of rotatable bonds is 3. The molecule has 0 spiro atoms. The molecule has 29 heavy (non-hydrogen) atoms. The molecule has 0 saturated heterocycles. The van der Waals surface area contributed by atoms with Gasteiger partial charge in [-0.25, -0.2) is 9.67 Å². The molecule has 0 aliphatic heterocycles. The van der Waals surface area contributed by atoms with Crippen molar-refractivity contribution in [2.24, 2.45) is 5.92 Å². The fourth-order valence-electron chi connectivity index (χ4n) is 3.93. The van der Waals surface area contributed by atoms with Crippen LogP contribution in [0, 0.1) is 12.8 Å². The standard InChI is InChI=1S/C22H20ClN5O/c1-12-10-18-20(19(29)11-12)21(24-15-9-5-6-14(23)13(15)2)27-28(18)22-25-16-7-3-4-8-17(16)26-22/h3-9,12H,10-11H2,1-2H3,(H,24,27)(H,25,26). The van der Waals surface area contributed by atoms with Gasteiger partial charge in [0.2, 0.25) is 5.95 Å². The molecule has 0 amide bonds. The third-order valence-electron chi connectivity index (χ3n) is 5.43. The Labute approximate surface area is 172 Å². The Kier molecular flexibility index (Phi) is 4.17. The third kappa shape index (κ3) is 3.00. The number of hydrogen-bond donors (Lipinski definition) is 2. The number of nitrogens with one attached hydrogen (secondary N) is 2. The van der Waals surface area contributed by atoms with E-state index >= 15 is 0 Å². The van der Waals surface area contributed by atoms with Gasteiger partial charge in [0.1, 0.15) is 0 Å². The van der Waals surface area contributed by atoms with Crippen LogP contribution in [0.15, 0.2) is 42.5 Å². The summed E-state index contributed by atoms with van der Waals surface area (Å²) in [6, 6.07) is 13.5. The number of imidazole rings is 1. The van der Waals surface area contributed by atoms with E-state index in [0.29, 0.717) is 28.8 Å². The monoisotopic (exact) mass is 405 g/mol. The summed E-state index contributed by atoms with van der Waals surface area (Å²) < 4.78 is 1.77. The molecule has 2 N–H and O–H groups in total. The lowest BCUT2D eigenvalue weighted by molar-refractivity contribution is 0.0953. The highest BCUT2D eigenvalue weighted by atomic mass is 35.5. The van der Waals surface area contributed by atoms with Crippen LogP contribution < -0.4 is 5.32 Å². The number of aromatic amines is 1. The van der Waals surface area contributed by atoms with Crippen LogP contribution in [-0.2, 0) is 6.42 Å². The van der Waals surface area contributed by atoms with Crippen LogP contribution in [0.3, 0.4) is 0 Å². The molecule has 2 aromatic carbocycles. The summed E-state index contributed by atoms with van der Waals surface area (Å²) in [5.74, 6) is 1.52. The van der Waals surface area contributed by atoms with Gasteiger partial charge >= 0.3 is 0 Å². The van der Waals surface area contributed by atoms with E-state index in [0.717, 1.165) is 34.4 Å². The number of carbonyl (C=O) groups excluding carboxylic acids is 1. The van der Waals surface area contributed by atoms with Crippen molar-refractivity contribution < 1.29 is 4.79 Å². The van der Waals surface area contributed by atoms with Gasteiger partial charge in [-0.3, -0.25) is 4.79 Å². The van der Waals surface area contributed by atoms with E-state index in [4.69, 9.17) is 16.7 Å². The lowest BCUT2D eigenvalue weighted by Gasteiger charge is -2.18. The Morgan fingerprint density at radius 1 is 1.17 bits per heavy atom. The molecule has 1 unspecified atom stereocenters. The van der Waals surface area contributed by atoms with Gasteiger partial charge in [0, 0.05) is 17.1 Å². The van der Waals surface area contributed by atoms with E-state index < -0.39 is 0 Å². The number of ketones is 1. The first-order valence-corrected chi connectivity index (χ1v) is 10.0. The molecule has 1 aliphatic rings. The zero-order valence-corrected chi connectivity index (χ0v) is 16.9. The van der Waals surface area contributed by atoms with E-state index in [9.17, 15) is 4.79 Å². The topological polar surface area (TPSA) is 75.6 Å². The number of halogens is 1. The number of anilines is 2. The average Bonchev–Trinajstić information content (AvgIpc) is 3.27. The molecule has 146 valence electrons. The lowest BCUT2D eigenvalue weighted by Crippen LogP contribution is -2.20. The summed E-state index contributed by atoms with van der Waals surface area (Å²) in [5, 5.41) is 8.75. The minimum Gasteiger partial charge on any atom is -0.338 e. The van der Waals surface area contributed by atoms with Crippen molar-refractivity contribution in [2.75, 3.05) is 5.32 Å². The molecule has 5 rings (SSSR count). The van der Waals surface area contributed by atoms with E-state index in [1.165, 1.54) is 0 Å². The number of benzene rings is 2. The number of Topliss-reactive ketones (excluding diaryl/α,β-unsaturated/α-hetero) is 1. The zero-order chi connectivity index (χ0) is 20.1. The van der Waals surface area contributed by atoms with Gasteiger partial charge < -0.3 is 10.3 Å². The number of fused-ring (bicyclic) bond motifs is 2. The minimum atomic E-state index is 0.100. The highest BCUT2D eigenvalue weighted by Crippen LogP contribution is 2.35. The number of para-hydroxylation sites is 2. The summed E-state index contributed by atoms with van der Waals surface area (Å²) in [5.41, 5.74) is 5.07. The smallest absolute Gasteiger partial charge is 0.229 e. The maximum absolute atomic E-state index is 12.9. The van der Waals surface area contributed by atoms with Crippen molar-refractivity contribution in [3.63, 3.8) is 0 Å². The molecule has 0 bridgehead atoms. The Hall–Kier alpha value is -3.12. The van der Waals surface area contributed by atoms with Gasteiger partial charge in [0.25, 0.3) is 0 Å². The van der Waals surface area contributed by atoms with Gasteiger partial charge in [0.05, 0.1) is 22.3 Å². The normalized spacial score (nSPS) is 16.2. The summed E-state index contributed by atoms with van der Waals surface area (Å²) in [6.07, 6.45) is 1.28. The predicted octanol–water partition coefficient (Wildman–Crippen LogP) is 5.22. The molecule has 4 aromatic rings. The van der Waals surface area contributed by atoms with Gasteiger partial charge in [0.15, 0.2) is 11.6 Å². The fourth-order valence-corrected chi connectivity index (χ4v) is 4.10. The fraction of sp³-hybridized carbons (Fsp3) is 0.227. The molecular formula is C22H20ClN5O. The van der Waals surface area contributed by atoms with Crippen molar-refractivity contribution in [1.82, 2.24) is 19.7 Å². The molecule has 1 atom stereocenters. The van der Waals surface area contributed by atoms with Gasteiger partial charge in [-0.15, -0.1) is 5.10 Å². The van der Waals surface area contributed by atoms with Crippen LogP contribution in [0.4, 0.5) is 11.5 Å². The van der Waals surface area contributed by atoms with Crippen LogP contribution in [0.25, 0.3) is 17.0 Å². The minimum absolute atomic E-state index is 0.100. The third-order valence-corrected chi connectivity index (χ3v) is 5.84. The molecule has 0 fully saturated rings. The Balaban J connectivity index is 1.67. The lowest BCUT2D eigenvalue weighted by atomic mass is 9.88. The van der Waals surface area contributed by atoms with Crippen LogP contribution in [0.2, 0.25) is 5.02 Å². The van der Waals surface area contributed by atoms with Crippen LogP contribution in [0.5, 0.6) is 0 Å². The first-order chi connectivity index (χ1) is 14.0. The van der Waals surface area contributed by atoms with Gasteiger partial charge in [-0.1, -0.05) is 36.7 Å². The van der Waals surface area contributed by atoms with Crippen LogP contribution in [-0.4, -0.2) is 25.5 Å². The van der Waals surface area contributed by atoms with Gasteiger partial charge in [-0.05, 0) is 49.1 Å².